The molecule has 0 fully saturated rings. The van der Waals surface area contributed by atoms with Crippen LogP contribution in [0.2, 0.25) is 0 Å². The van der Waals surface area contributed by atoms with Gasteiger partial charge in [0.1, 0.15) is 11.6 Å². The van der Waals surface area contributed by atoms with E-state index in [1.165, 1.54) is 11.1 Å². The maximum atomic E-state index is 12.0. The summed E-state index contributed by atoms with van der Waals surface area (Å²) in [5, 5.41) is 20.7. The minimum Gasteiger partial charge on any atom is -0.381 e. The van der Waals surface area contributed by atoms with Gasteiger partial charge >= 0.3 is 11.8 Å². The summed E-state index contributed by atoms with van der Waals surface area (Å²) in [6.45, 7) is 0.306. The molecule has 0 atom stereocenters. The normalized spacial score (nSPS) is 12.3. The number of nitriles is 1. The third-order valence-corrected chi connectivity index (χ3v) is 4.43. The topological polar surface area (TPSA) is 137 Å². The highest BCUT2D eigenvalue weighted by Crippen LogP contribution is 2.24. The van der Waals surface area contributed by atoms with E-state index in [-0.39, 0.29) is 5.82 Å². The Morgan fingerprint density at radius 2 is 2.08 bits per heavy atom. The summed E-state index contributed by atoms with van der Waals surface area (Å²) in [6.07, 6.45) is 4.25. The van der Waals surface area contributed by atoms with Crippen LogP contribution >= 0.6 is 0 Å². The highest BCUT2D eigenvalue weighted by Gasteiger charge is 2.16. The second kappa shape index (κ2) is 7.70. The molecule has 26 heavy (non-hydrogen) atoms. The van der Waals surface area contributed by atoms with Crippen molar-refractivity contribution in [3.63, 3.8) is 0 Å². The van der Waals surface area contributed by atoms with Crippen LogP contribution in [0.15, 0.2) is 18.2 Å². The number of nitrogens with two attached hydrogens (primary N) is 1. The quantitative estimate of drug-likeness (QED) is 0.471. The fourth-order valence-corrected chi connectivity index (χ4v) is 3.08. The van der Waals surface area contributed by atoms with Gasteiger partial charge in [0, 0.05) is 12.2 Å². The Bertz CT molecular complexity index is 880. The molecule has 0 saturated heterocycles. The van der Waals surface area contributed by atoms with Crippen LogP contribution in [0.4, 0.5) is 11.5 Å². The zero-order chi connectivity index (χ0) is 18.5. The number of rotatable bonds is 5. The standard InChI is InChI=1S/C18H20N6O2/c19-10-14-15(23-24-16(14)20)5-2-8-21-17(25)18(26)22-13-7-6-11-3-1-4-12(11)9-13/h6-7,9H,1-5,8H2,(H,21,25)(H,22,26)(H3,20,23,24). The molecular weight excluding hydrogens is 332 g/mol. The van der Waals surface area contributed by atoms with Gasteiger partial charge in [0.2, 0.25) is 0 Å². The maximum absolute atomic E-state index is 12.0. The summed E-state index contributed by atoms with van der Waals surface area (Å²) < 4.78 is 0. The molecule has 2 aromatic rings. The average molecular weight is 352 g/mol. The van der Waals surface area contributed by atoms with Crippen LogP contribution in [0.3, 0.4) is 0 Å². The molecule has 8 nitrogen and oxygen atoms in total. The minimum absolute atomic E-state index is 0.167. The molecule has 1 aliphatic rings. The van der Waals surface area contributed by atoms with Gasteiger partial charge in [-0.2, -0.15) is 10.4 Å². The monoisotopic (exact) mass is 352 g/mol. The summed E-state index contributed by atoms with van der Waals surface area (Å²) in [5.41, 5.74) is 9.69. The lowest BCUT2D eigenvalue weighted by atomic mass is 10.1. The molecule has 2 amide bonds. The van der Waals surface area contributed by atoms with E-state index in [0.717, 1.165) is 19.3 Å². The smallest absolute Gasteiger partial charge is 0.313 e. The predicted molar refractivity (Wildman–Crippen MR) is 96.1 cm³/mol. The Balaban J connectivity index is 1.44. The van der Waals surface area contributed by atoms with E-state index in [9.17, 15) is 9.59 Å². The summed E-state index contributed by atoms with van der Waals surface area (Å²) in [4.78, 5) is 23.9. The van der Waals surface area contributed by atoms with E-state index in [4.69, 9.17) is 11.0 Å². The first-order valence-corrected chi connectivity index (χ1v) is 8.52. The van der Waals surface area contributed by atoms with Crippen molar-refractivity contribution < 1.29 is 9.59 Å². The predicted octanol–water partition coefficient (Wildman–Crippen LogP) is 1.04. The first kappa shape index (κ1) is 17.5. The molecule has 134 valence electrons. The lowest BCUT2D eigenvalue weighted by Gasteiger charge is -2.08. The molecule has 5 N–H and O–H groups in total. The fraction of sp³-hybridized carbons (Fsp3) is 0.333. The van der Waals surface area contributed by atoms with Gasteiger partial charge in [-0.3, -0.25) is 14.7 Å². The second-order valence-corrected chi connectivity index (χ2v) is 6.22. The summed E-state index contributed by atoms with van der Waals surface area (Å²) in [5.74, 6) is -1.21. The van der Waals surface area contributed by atoms with Crippen LogP contribution < -0.4 is 16.4 Å². The molecule has 3 rings (SSSR count). The third-order valence-electron chi connectivity index (χ3n) is 4.43. The molecule has 1 aromatic carbocycles. The van der Waals surface area contributed by atoms with Crippen LogP contribution in [0.5, 0.6) is 0 Å². The number of nitrogens with zero attached hydrogens (tertiary/aromatic N) is 2. The highest BCUT2D eigenvalue weighted by molar-refractivity contribution is 6.39. The molecule has 0 unspecified atom stereocenters. The molecule has 8 heteroatoms. The number of benzene rings is 1. The van der Waals surface area contributed by atoms with Gasteiger partial charge in [-0.15, -0.1) is 0 Å². The van der Waals surface area contributed by atoms with Crippen molar-refractivity contribution in [2.45, 2.75) is 32.1 Å². The summed E-state index contributed by atoms with van der Waals surface area (Å²) in [7, 11) is 0. The van der Waals surface area contributed by atoms with Crippen LogP contribution in [-0.2, 0) is 28.9 Å². The molecule has 0 spiro atoms. The van der Waals surface area contributed by atoms with Crippen LogP contribution in [-0.4, -0.2) is 28.6 Å². The van der Waals surface area contributed by atoms with E-state index in [0.29, 0.717) is 36.3 Å². The van der Waals surface area contributed by atoms with E-state index >= 15 is 0 Å². The number of aromatic nitrogens is 2. The van der Waals surface area contributed by atoms with Crippen molar-refractivity contribution in [3.05, 3.63) is 40.6 Å². The molecule has 0 radical (unpaired) electrons. The van der Waals surface area contributed by atoms with Crippen molar-refractivity contribution in [2.75, 3.05) is 17.6 Å². The highest BCUT2D eigenvalue weighted by atomic mass is 16.2. The van der Waals surface area contributed by atoms with E-state index in [1.54, 1.807) is 0 Å². The number of amides is 2. The molecular formula is C18H20N6O2. The van der Waals surface area contributed by atoms with Gasteiger partial charge in [0.25, 0.3) is 0 Å². The fourth-order valence-electron chi connectivity index (χ4n) is 3.08. The van der Waals surface area contributed by atoms with Gasteiger partial charge in [-0.1, -0.05) is 6.07 Å². The Morgan fingerprint density at radius 3 is 2.88 bits per heavy atom. The number of hydrogen-bond acceptors (Lipinski definition) is 5. The number of carbonyl (C=O) groups is 2. The number of carbonyl (C=O) groups excluding carboxylic acids is 2. The van der Waals surface area contributed by atoms with Crippen molar-refractivity contribution >= 4 is 23.3 Å². The van der Waals surface area contributed by atoms with Crippen molar-refractivity contribution in [3.8, 4) is 6.07 Å². The molecule has 0 saturated carbocycles. The molecule has 0 aliphatic heterocycles. The Kier molecular flexibility index (Phi) is 5.17. The number of aryl methyl sites for hydroxylation is 3. The molecule has 1 aromatic heterocycles. The van der Waals surface area contributed by atoms with E-state index in [1.807, 2.05) is 24.3 Å². The summed E-state index contributed by atoms with van der Waals surface area (Å²) >= 11 is 0. The van der Waals surface area contributed by atoms with E-state index in [2.05, 4.69) is 20.8 Å². The number of nitrogens with one attached hydrogen (secondary N) is 3. The Hall–Kier alpha value is -3.34. The van der Waals surface area contributed by atoms with Gasteiger partial charge in [0.05, 0.1) is 5.69 Å². The maximum Gasteiger partial charge on any atom is 0.313 e. The van der Waals surface area contributed by atoms with Gasteiger partial charge in [0.15, 0.2) is 5.82 Å². The van der Waals surface area contributed by atoms with Crippen LogP contribution in [0.25, 0.3) is 0 Å². The largest absolute Gasteiger partial charge is 0.381 e. The number of anilines is 2. The zero-order valence-corrected chi connectivity index (χ0v) is 14.3. The zero-order valence-electron chi connectivity index (χ0n) is 14.3. The average Bonchev–Trinajstić information content (AvgIpc) is 3.24. The van der Waals surface area contributed by atoms with Gasteiger partial charge in [-0.25, -0.2) is 0 Å². The first-order valence-electron chi connectivity index (χ1n) is 8.52. The van der Waals surface area contributed by atoms with Crippen LogP contribution in [0, 0.1) is 11.3 Å². The number of H-pyrrole nitrogens is 1. The van der Waals surface area contributed by atoms with Gasteiger partial charge in [-0.05, 0) is 55.4 Å². The Labute approximate surface area is 150 Å². The van der Waals surface area contributed by atoms with Crippen molar-refractivity contribution in [1.29, 1.82) is 5.26 Å². The summed E-state index contributed by atoms with van der Waals surface area (Å²) in [6, 6.07) is 7.74. The SMILES string of the molecule is N#Cc1c(N)n[nH]c1CCCNC(=O)C(=O)Nc1ccc2c(c1)CCC2. The Morgan fingerprint density at radius 1 is 1.27 bits per heavy atom. The molecule has 1 aliphatic carbocycles. The van der Waals surface area contributed by atoms with Crippen molar-refractivity contribution in [1.82, 2.24) is 15.5 Å². The lowest BCUT2D eigenvalue weighted by Crippen LogP contribution is -2.36. The van der Waals surface area contributed by atoms with Gasteiger partial charge < -0.3 is 16.4 Å². The first-order chi connectivity index (χ1) is 12.6. The van der Waals surface area contributed by atoms with Crippen LogP contribution in [0.1, 0.15) is 35.2 Å². The number of aromatic amines is 1. The number of nitrogen functional groups attached to an aromatic ring is 1. The lowest BCUT2D eigenvalue weighted by molar-refractivity contribution is -0.136. The molecule has 0 bridgehead atoms. The molecule has 1 heterocycles. The van der Waals surface area contributed by atoms with E-state index < -0.39 is 11.8 Å². The van der Waals surface area contributed by atoms with Crippen molar-refractivity contribution in [2.24, 2.45) is 0 Å². The minimum atomic E-state index is -0.688. The third kappa shape index (κ3) is 3.83. The number of hydrogen-bond donors (Lipinski definition) is 4. The number of fused-ring (bicyclic) bond motifs is 1. The second-order valence-electron chi connectivity index (χ2n) is 6.22.